The number of nitrogens with one attached hydrogen (secondary N) is 5. The molecule has 0 radical (unpaired) electrons. The minimum atomic E-state index is -0.797. The van der Waals surface area contributed by atoms with Gasteiger partial charge in [0, 0.05) is 47.1 Å². The number of cyclic esters (lactones) is 1. The molecule has 8 rings (SSSR count). The molecule has 0 spiro atoms. The number of hydrogen-bond acceptors (Lipinski definition) is 13. The van der Waals surface area contributed by atoms with Crippen LogP contribution in [0.25, 0.3) is 33.7 Å². The Morgan fingerprint density at radius 2 is 0.987 bits per heavy atom. The number of benzene rings is 2. The monoisotopic (exact) mass is 1070 g/mol. The second-order valence-corrected chi connectivity index (χ2v) is 23.4. The van der Waals surface area contributed by atoms with Gasteiger partial charge in [-0.25, -0.2) is 10.9 Å². The molecule has 8 atom stereocenters. The number of carbonyl (C=O) groups is 6. The third-order valence-corrected chi connectivity index (χ3v) is 14.5. The van der Waals surface area contributed by atoms with Crippen molar-refractivity contribution >= 4 is 69.2 Å². The van der Waals surface area contributed by atoms with E-state index in [0.717, 1.165) is 44.1 Å². The van der Waals surface area contributed by atoms with Crippen molar-refractivity contribution in [2.75, 3.05) is 26.3 Å². The fourth-order valence-electron chi connectivity index (χ4n) is 9.68. The van der Waals surface area contributed by atoms with E-state index >= 15 is 0 Å². The number of rotatable bonds is 2. The maximum absolute atomic E-state index is 13.2. The van der Waals surface area contributed by atoms with Crippen LogP contribution in [0, 0.1) is 22.7 Å². The number of nitrogens with zero attached hydrogens (tertiary/aromatic N) is 4. The van der Waals surface area contributed by atoms with E-state index in [1.54, 1.807) is 13.8 Å². The first kappa shape index (κ1) is 59.1. The zero-order valence-corrected chi connectivity index (χ0v) is 47.5. The molecule has 78 heavy (non-hydrogen) atoms. The predicted octanol–water partition coefficient (Wildman–Crippen LogP) is 7.44. The summed E-state index contributed by atoms with van der Waals surface area (Å²) in [7, 11) is 0. The summed E-state index contributed by atoms with van der Waals surface area (Å²) in [5, 5.41) is 15.6. The molecule has 4 aliphatic rings. The van der Waals surface area contributed by atoms with E-state index in [4.69, 9.17) is 14.2 Å². The van der Waals surface area contributed by atoms with Gasteiger partial charge in [0.2, 0.25) is 17.7 Å². The smallest absolute Gasteiger partial charge is 0.325 e. The molecule has 0 aliphatic carbocycles. The van der Waals surface area contributed by atoms with Crippen molar-refractivity contribution in [3.63, 3.8) is 0 Å². The number of amides is 5. The maximum atomic E-state index is 13.2. The van der Waals surface area contributed by atoms with Gasteiger partial charge in [0.05, 0.1) is 30.6 Å². The van der Waals surface area contributed by atoms with Crippen molar-refractivity contribution in [3.05, 3.63) is 95.6 Å². The lowest BCUT2D eigenvalue weighted by atomic mass is 9.93. The second-order valence-electron chi connectivity index (χ2n) is 23.4. The summed E-state index contributed by atoms with van der Waals surface area (Å²) in [5.41, 5.74) is 8.82. The Morgan fingerprint density at radius 1 is 0.551 bits per heavy atom. The quantitative estimate of drug-likeness (QED) is 0.123. The standard InChI is InChI=1S/C30H41N5O4.C30H40N4O5/c1-18(2)26-28(37)33-20(4)29(38)35-13-7-8-25(34-35)27(36)32-19(3)21-9-10-22-16-31-24(15-23(22)14-21)11-12-30(5,6)17-39-26;1-18(2)26-27(35)32-19(3)28(36)34-13-7-8-25(33-34)29(37)39-20(4)21-9-10-22-16-31-24(15-23(22)14-21)11-12-30(5,6)17-38-26/h9-12,14-16,18-20,25-26,34H,7-8,13,17H2,1-6H3,(H,32,36)(H,33,37);9-12,14-16,18-20,25-26,33H,7-8,13,17H2,1-6H3,(H,32,35)/b2*12-11+/t19-,20+,25+,26+;19-,20+,25-,26-/m10/s1. The van der Waals surface area contributed by atoms with E-state index in [-0.39, 0.29) is 58.2 Å². The Balaban J connectivity index is 0.000000226. The topological polar surface area (TPSA) is 223 Å². The lowest BCUT2D eigenvalue weighted by Gasteiger charge is -2.35. The average Bonchev–Trinajstić information content (AvgIpc) is 3.44. The molecule has 2 aromatic carbocycles. The summed E-state index contributed by atoms with van der Waals surface area (Å²) >= 11 is 0. The van der Waals surface area contributed by atoms with Gasteiger partial charge in [0.15, 0.2) is 0 Å². The van der Waals surface area contributed by atoms with Crippen molar-refractivity contribution in [1.29, 1.82) is 0 Å². The Labute approximate surface area is 459 Å². The van der Waals surface area contributed by atoms with Crippen LogP contribution in [0.3, 0.4) is 0 Å². The summed E-state index contributed by atoms with van der Waals surface area (Å²) in [6.45, 7) is 24.5. The molecular formula is C60H81N9O9. The minimum Gasteiger partial charge on any atom is -0.457 e. The Morgan fingerprint density at radius 3 is 1.47 bits per heavy atom. The number of pyridine rings is 2. The summed E-state index contributed by atoms with van der Waals surface area (Å²) in [5.74, 6) is -2.06. The summed E-state index contributed by atoms with van der Waals surface area (Å²) < 4.78 is 18.0. The lowest BCUT2D eigenvalue weighted by molar-refractivity contribution is -0.157. The van der Waals surface area contributed by atoms with Crippen molar-refractivity contribution in [3.8, 4) is 0 Å². The van der Waals surface area contributed by atoms with Crippen LogP contribution >= 0.6 is 0 Å². The van der Waals surface area contributed by atoms with Crippen LogP contribution in [0.5, 0.6) is 0 Å². The van der Waals surface area contributed by atoms with Crippen molar-refractivity contribution in [2.24, 2.45) is 22.7 Å². The van der Waals surface area contributed by atoms with E-state index < -0.39 is 48.4 Å². The van der Waals surface area contributed by atoms with Crippen LogP contribution in [0.4, 0.5) is 0 Å². The van der Waals surface area contributed by atoms with E-state index in [1.165, 1.54) is 10.0 Å². The number of hydrogen-bond donors (Lipinski definition) is 5. The molecule has 10 bridgehead atoms. The molecule has 0 saturated carbocycles. The largest absolute Gasteiger partial charge is 0.457 e. The summed E-state index contributed by atoms with van der Waals surface area (Å²) in [6, 6.07) is 13.0. The molecule has 18 nitrogen and oxygen atoms in total. The molecule has 5 N–H and O–H groups in total. The lowest BCUT2D eigenvalue weighted by Crippen LogP contribution is -2.61. The van der Waals surface area contributed by atoms with E-state index in [1.807, 2.05) is 148 Å². The molecular weight excluding hydrogens is 991 g/mol. The molecule has 4 aromatic rings. The number of fused-ring (bicyclic) bond motifs is 8. The normalized spacial score (nSPS) is 27.8. The Kier molecular flexibility index (Phi) is 19.3. The zero-order valence-electron chi connectivity index (χ0n) is 47.5. The van der Waals surface area contributed by atoms with Gasteiger partial charge in [-0.2, -0.15) is 0 Å². The first-order chi connectivity index (χ1) is 36.9. The fourth-order valence-corrected chi connectivity index (χ4v) is 9.68. The van der Waals surface area contributed by atoms with Crippen LogP contribution in [-0.4, -0.2) is 118 Å². The first-order valence-corrected chi connectivity index (χ1v) is 27.5. The molecule has 18 heteroatoms. The van der Waals surface area contributed by atoms with Crippen LogP contribution in [0.1, 0.15) is 143 Å². The van der Waals surface area contributed by atoms with E-state index in [2.05, 4.69) is 42.8 Å². The molecule has 420 valence electrons. The van der Waals surface area contributed by atoms with Crippen LogP contribution in [0.2, 0.25) is 0 Å². The van der Waals surface area contributed by atoms with Crippen LogP contribution in [-0.2, 0) is 43.0 Å². The molecule has 6 heterocycles. The van der Waals surface area contributed by atoms with Gasteiger partial charge in [-0.15, -0.1) is 0 Å². The highest BCUT2D eigenvalue weighted by Crippen LogP contribution is 2.28. The van der Waals surface area contributed by atoms with Crippen LogP contribution < -0.4 is 26.8 Å². The minimum absolute atomic E-state index is 0.0896. The number of carbonyl (C=O) groups excluding carboxylic acids is 6. The Bertz CT molecular complexity index is 2710. The highest BCUT2D eigenvalue weighted by atomic mass is 16.5. The van der Waals surface area contributed by atoms with Gasteiger partial charge in [0.25, 0.3) is 11.8 Å². The predicted molar refractivity (Wildman–Crippen MR) is 300 cm³/mol. The molecule has 2 saturated heterocycles. The van der Waals surface area contributed by atoms with Gasteiger partial charge < -0.3 is 30.2 Å². The van der Waals surface area contributed by atoms with Gasteiger partial charge in [-0.1, -0.05) is 91.8 Å². The molecule has 5 amide bonds. The van der Waals surface area contributed by atoms with Crippen LogP contribution in [0.15, 0.2) is 73.1 Å². The molecule has 2 fully saturated rings. The van der Waals surface area contributed by atoms with E-state index in [9.17, 15) is 28.8 Å². The summed E-state index contributed by atoms with van der Waals surface area (Å²) in [6.07, 6.45) is 12.2. The average molecular weight is 1070 g/mol. The van der Waals surface area contributed by atoms with Crippen molar-refractivity contribution in [1.82, 2.24) is 46.8 Å². The molecule has 4 aliphatic heterocycles. The highest BCUT2D eigenvalue weighted by molar-refractivity contribution is 5.91. The number of esters is 1. The maximum Gasteiger partial charge on any atom is 0.325 e. The van der Waals surface area contributed by atoms with Crippen molar-refractivity contribution in [2.45, 2.75) is 157 Å². The number of ether oxygens (including phenoxy) is 3. The molecule has 0 unspecified atom stereocenters. The van der Waals surface area contributed by atoms with Gasteiger partial charge >= 0.3 is 5.97 Å². The van der Waals surface area contributed by atoms with Gasteiger partial charge in [-0.05, 0) is 124 Å². The first-order valence-electron chi connectivity index (χ1n) is 27.5. The third-order valence-electron chi connectivity index (χ3n) is 14.5. The highest BCUT2D eigenvalue weighted by Gasteiger charge is 2.36. The van der Waals surface area contributed by atoms with Crippen molar-refractivity contribution < 1.29 is 43.0 Å². The molecule has 2 aromatic heterocycles. The van der Waals surface area contributed by atoms with Gasteiger partial charge in [0.1, 0.15) is 42.5 Å². The summed E-state index contributed by atoms with van der Waals surface area (Å²) in [4.78, 5) is 88.0. The number of hydrazine groups is 2. The number of aromatic nitrogens is 2. The van der Waals surface area contributed by atoms with E-state index in [0.29, 0.717) is 52.0 Å². The van der Waals surface area contributed by atoms with Gasteiger partial charge in [-0.3, -0.25) is 48.8 Å². The second kappa shape index (κ2) is 25.5. The fraction of sp³-hybridized carbons (Fsp3) is 0.533. The SMILES string of the molecule is CC(C)[C@@H]1OCC(C)(C)/C=C/c2cc3cc(ccc3cn2)[C@@H](C)NC(=O)[C@@H]2CCCN(N2)C(=O)[C@H](C)NC1=O.CC(C)[C@@H]1OCC(C)(C)/C=C/c2cc3cc(ccc3cn2)[C@@H](C)OC(=O)[C@@H]2CCCN(N2)C(=O)[C@H](C)NC1=O. The third kappa shape index (κ3) is 15.4. The zero-order chi connectivity index (χ0) is 56.6. The Hall–Kier alpha value is -6.60.